The quantitative estimate of drug-likeness (QED) is 0.129. The lowest BCUT2D eigenvalue weighted by Gasteiger charge is -2.08. The summed E-state index contributed by atoms with van der Waals surface area (Å²) in [5.74, 6) is -1.84. The van der Waals surface area contributed by atoms with Crippen molar-refractivity contribution in [1.82, 2.24) is 0 Å². The number of carboxylic acid groups (broad SMARTS) is 2. The second-order valence-corrected chi connectivity index (χ2v) is 11.0. The second kappa shape index (κ2) is 17.2. The van der Waals surface area contributed by atoms with Crippen LogP contribution in [0.5, 0.6) is 0 Å². The number of thioether (sulfide) groups is 1. The van der Waals surface area contributed by atoms with Gasteiger partial charge in [0.15, 0.2) is 0 Å². The summed E-state index contributed by atoms with van der Waals surface area (Å²) in [6, 6.07) is 33.1. The molecular formula is C35H32Cl2O4S. The maximum absolute atomic E-state index is 11.0. The van der Waals surface area contributed by atoms with Gasteiger partial charge in [0, 0.05) is 17.0 Å². The molecule has 0 unspecified atom stereocenters. The number of hydrogen-bond donors (Lipinski definition) is 2. The van der Waals surface area contributed by atoms with Crippen molar-refractivity contribution in [2.75, 3.05) is 6.26 Å². The highest BCUT2D eigenvalue weighted by Gasteiger charge is 2.07. The number of hydrogen-bond acceptors (Lipinski definition) is 3. The summed E-state index contributed by atoms with van der Waals surface area (Å²) in [6.45, 7) is 0. The molecular weight excluding hydrogens is 587 g/mol. The Morgan fingerprint density at radius 2 is 1.10 bits per heavy atom. The Kier molecular flexibility index (Phi) is 13.4. The number of carbonyl (C=O) groups is 2. The molecule has 0 saturated carbocycles. The van der Waals surface area contributed by atoms with Crippen LogP contribution in [0, 0.1) is 0 Å². The van der Waals surface area contributed by atoms with Gasteiger partial charge in [-0.15, -0.1) is 11.8 Å². The molecule has 0 spiro atoms. The molecule has 4 aromatic carbocycles. The van der Waals surface area contributed by atoms with Crippen LogP contribution in [0.4, 0.5) is 0 Å². The molecule has 0 aliphatic carbocycles. The molecule has 0 bridgehead atoms. The standard InChI is InChI=1S/C18H18O2S.C17H14Cl2O2/c1-21-17-11-8-14(9-12-17)7-10-16(13-18(19)20)15-5-3-2-4-6-15;18-15-9-7-12(10-16(15)19)6-8-14(11-17(20)21)13-4-2-1-3-5-13/h2-6,8-9,11-13H,7,10H2,1H3,(H,19,20);1-5,7,9-11H,6,8H2,(H,20,21)/b;14-11-. The van der Waals surface area contributed by atoms with E-state index < -0.39 is 11.9 Å². The summed E-state index contributed by atoms with van der Waals surface area (Å²) in [7, 11) is 0. The second-order valence-electron chi connectivity index (χ2n) is 9.34. The maximum Gasteiger partial charge on any atom is 0.328 e. The summed E-state index contributed by atoms with van der Waals surface area (Å²) in [6.07, 6.45) is 7.49. The number of aryl methyl sites for hydroxylation is 2. The van der Waals surface area contributed by atoms with E-state index in [1.807, 2.05) is 72.8 Å². The number of benzene rings is 4. The van der Waals surface area contributed by atoms with Crippen LogP contribution in [0.2, 0.25) is 10.0 Å². The molecule has 0 radical (unpaired) electrons. The molecule has 0 atom stereocenters. The number of carboxylic acids is 2. The van der Waals surface area contributed by atoms with Gasteiger partial charge in [-0.05, 0) is 89.6 Å². The average molecular weight is 620 g/mol. The molecule has 0 amide bonds. The zero-order chi connectivity index (χ0) is 30.3. The maximum atomic E-state index is 11.0. The zero-order valence-electron chi connectivity index (χ0n) is 23.2. The smallest absolute Gasteiger partial charge is 0.328 e. The molecule has 2 N–H and O–H groups in total. The highest BCUT2D eigenvalue weighted by Crippen LogP contribution is 2.26. The van der Waals surface area contributed by atoms with Gasteiger partial charge in [0.05, 0.1) is 10.0 Å². The number of rotatable bonds is 11. The van der Waals surface area contributed by atoms with Gasteiger partial charge in [-0.3, -0.25) is 0 Å². The van der Waals surface area contributed by atoms with E-state index in [1.54, 1.807) is 17.8 Å². The van der Waals surface area contributed by atoms with Crippen molar-refractivity contribution in [2.24, 2.45) is 0 Å². The average Bonchev–Trinajstić information content (AvgIpc) is 3.00. The Labute approximate surface area is 261 Å². The summed E-state index contributed by atoms with van der Waals surface area (Å²) < 4.78 is 0. The van der Waals surface area contributed by atoms with Crippen molar-refractivity contribution < 1.29 is 19.8 Å². The molecule has 216 valence electrons. The van der Waals surface area contributed by atoms with E-state index in [0.29, 0.717) is 22.9 Å². The summed E-state index contributed by atoms with van der Waals surface area (Å²) in [5, 5.41) is 19.1. The van der Waals surface area contributed by atoms with Crippen molar-refractivity contribution in [3.8, 4) is 0 Å². The summed E-state index contributed by atoms with van der Waals surface area (Å²) in [4.78, 5) is 23.2. The van der Waals surface area contributed by atoms with E-state index in [1.165, 1.54) is 22.6 Å². The van der Waals surface area contributed by atoms with Gasteiger partial charge in [-0.25, -0.2) is 9.59 Å². The fourth-order valence-electron chi connectivity index (χ4n) is 4.25. The normalized spacial score (nSPS) is 11.4. The third-order valence-electron chi connectivity index (χ3n) is 6.39. The topological polar surface area (TPSA) is 74.6 Å². The lowest BCUT2D eigenvalue weighted by molar-refractivity contribution is -0.132. The first kappa shape index (κ1) is 32.7. The van der Waals surface area contributed by atoms with E-state index in [0.717, 1.165) is 40.7 Å². The van der Waals surface area contributed by atoms with Gasteiger partial charge in [0.25, 0.3) is 0 Å². The van der Waals surface area contributed by atoms with Crippen LogP contribution in [0.3, 0.4) is 0 Å². The SMILES string of the molecule is CSc1ccc(CCC(=CC(=O)O)c2ccccc2)cc1.O=C(O)/C=C(/CCc1ccc(Cl)c(Cl)c1)c1ccccc1. The molecule has 42 heavy (non-hydrogen) atoms. The first-order valence-corrected chi connectivity index (χ1v) is 15.3. The van der Waals surface area contributed by atoms with Gasteiger partial charge in [-0.1, -0.05) is 102 Å². The predicted octanol–water partition coefficient (Wildman–Crippen LogP) is 9.60. The van der Waals surface area contributed by atoms with Gasteiger partial charge < -0.3 is 10.2 Å². The number of allylic oxidation sites excluding steroid dienone is 2. The Morgan fingerprint density at radius 1 is 0.643 bits per heavy atom. The third kappa shape index (κ3) is 11.2. The predicted molar refractivity (Wildman–Crippen MR) is 175 cm³/mol. The molecule has 0 aliphatic rings. The van der Waals surface area contributed by atoms with Crippen LogP contribution in [0.1, 0.15) is 35.1 Å². The molecule has 7 heteroatoms. The third-order valence-corrected chi connectivity index (χ3v) is 7.88. The molecule has 0 aliphatic heterocycles. The minimum absolute atomic E-state index is 0.512. The highest BCUT2D eigenvalue weighted by molar-refractivity contribution is 7.98. The monoisotopic (exact) mass is 618 g/mol. The lowest BCUT2D eigenvalue weighted by atomic mass is 9.98. The van der Waals surface area contributed by atoms with Crippen molar-refractivity contribution in [3.63, 3.8) is 0 Å². The largest absolute Gasteiger partial charge is 0.478 e. The zero-order valence-corrected chi connectivity index (χ0v) is 25.5. The molecule has 0 aromatic heterocycles. The van der Waals surface area contributed by atoms with Crippen LogP contribution in [-0.2, 0) is 22.4 Å². The minimum Gasteiger partial charge on any atom is -0.478 e. The molecule has 4 nitrogen and oxygen atoms in total. The first-order chi connectivity index (χ1) is 20.2. The molecule has 4 rings (SSSR count). The van der Waals surface area contributed by atoms with E-state index in [-0.39, 0.29) is 0 Å². The Bertz CT molecular complexity index is 1520. The lowest BCUT2D eigenvalue weighted by Crippen LogP contribution is -1.95. The fraction of sp³-hybridized carbons (Fsp3) is 0.143. The fourth-order valence-corrected chi connectivity index (χ4v) is 4.98. The van der Waals surface area contributed by atoms with Crippen LogP contribution in [0.15, 0.2) is 120 Å². The van der Waals surface area contributed by atoms with Crippen LogP contribution < -0.4 is 0 Å². The van der Waals surface area contributed by atoms with E-state index in [9.17, 15) is 9.59 Å². The Balaban J connectivity index is 0.000000230. The van der Waals surface area contributed by atoms with E-state index in [4.69, 9.17) is 33.4 Å². The van der Waals surface area contributed by atoms with Crippen molar-refractivity contribution in [2.45, 2.75) is 30.6 Å². The van der Waals surface area contributed by atoms with Crippen LogP contribution in [-0.4, -0.2) is 28.4 Å². The van der Waals surface area contributed by atoms with Gasteiger partial charge in [-0.2, -0.15) is 0 Å². The molecule has 0 fully saturated rings. The number of halogens is 2. The van der Waals surface area contributed by atoms with E-state index in [2.05, 4.69) is 30.5 Å². The Morgan fingerprint density at radius 3 is 1.52 bits per heavy atom. The van der Waals surface area contributed by atoms with Gasteiger partial charge >= 0.3 is 11.9 Å². The van der Waals surface area contributed by atoms with E-state index >= 15 is 0 Å². The number of aliphatic carboxylic acids is 2. The van der Waals surface area contributed by atoms with Crippen LogP contribution >= 0.6 is 35.0 Å². The highest BCUT2D eigenvalue weighted by atomic mass is 35.5. The summed E-state index contributed by atoms with van der Waals surface area (Å²) >= 11 is 13.6. The Hall–Kier alpha value is -3.77. The van der Waals surface area contributed by atoms with Crippen LogP contribution in [0.25, 0.3) is 11.1 Å². The summed E-state index contributed by atoms with van der Waals surface area (Å²) in [5.41, 5.74) is 5.78. The first-order valence-electron chi connectivity index (χ1n) is 13.3. The molecule has 0 heterocycles. The van der Waals surface area contributed by atoms with Gasteiger partial charge in [0.1, 0.15) is 0 Å². The van der Waals surface area contributed by atoms with Gasteiger partial charge in [0.2, 0.25) is 0 Å². The minimum atomic E-state index is -0.942. The molecule has 4 aromatic rings. The van der Waals surface area contributed by atoms with Crippen molar-refractivity contribution in [3.05, 3.63) is 148 Å². The van der Waals surface area contributed by atoms with Crippen molar-refractivity contribution >= 4 is 58.0 Å². The molecule has 0 saturated heterocycles. The van der Waals surface area contributed by atoms with Crippen molar-refractivity contribution in [1.29, 1.82) is 0 Å².